The van der Waals surface area contributed by atoms with Crippen molar-refractivity contribution in [2.24, 2.45) is 0 Å². The molecule has 1 aliphatic rings. The maximum absolute atomic E-state index is 10.1. The molecular weight excluding hydrogens is 234 g/mol. The minimum Gasteiger partial charge on any atom is -0.389 e. The van der Waals surface area contributed by atoms with Crippen LogP contribution >= 0.6 is 11.6 Å². The minimum atomic E-state index is -0.466. The summed E-state index contributed by atoms with van der Waals surface area (Å²) in [4.78, 5) is 0. The maximum Gasteiger partial charge on any atom is 0.0771 e. The summed E-state index contributed by atoms with van der Waals surface area (Å²) in [6, 6.07) is 8.21. The highest BCUT2D eigenvalue weighted by atomic mass is 35.5. The topological polar surface area (TPSA) is 32.3 Å². The van der Waals surface area contributed by atoms with Crippen LogP contribution in [0.25, 0.3) is 0 Å². The second-order valence-corrected chi connectivity index (χ2v) is 5.41. The summed E-state index contributed by atoms with van der Waals surface area (Å²) in [6.07, 6.45) is 3.99. The molecule has 2 rings (SSSR count). The number of rotatable bonds is 5. The van der Waals surface area contributed by atoms with E-state index in [0.717, 1.165) is 30.7 Å². The van der Waals surface area contributed by atoms with Crippen LogP contribution in [0.5, 0.6) is 0 Å². The van der Waals surface area contributed by atoms with Crippen LogP contribution in [-0.2, 0) is 0 Å². The van der Waals surface area contributed by atoms with Crippen molar-refractivity contribution in [2.75, 3.05) is 6.54 Å². The van der Waals surface area contributed by atoms with Gasteiger partial charge in [-0.2, -0.15) is 0 Å². The van der Waals surface area contributed by atoms with Gasteiger partial charge in [-0.15, -0.1) is 0 Å². The van der Waals surface area contributed by atoms with E-state index >= 15 is 0 Å². The van der Waals surface area contributed by atoms with Gasteiger partial charge in [0.2, 0.25) is 0 Å². The smallest absolute Gasteiger partial charge is 0.0771 e. The van der Waals surface area contributed by atoms with Gasteiger partial charge in [-0.1, -0.05) is 30.7 Å². The molecule has 0 spiro atoms. The Kier molecular flexibility index (Phi) is 4.08. The van der Waals surface area contributed by atoms with Crippen LogP contribution in [0.15, 0.2) is 24.3 Å². The van der Waals surface area contributed by atoms with Crippen molar-refractivity contribution < 1.29 is 5.11 Å². The molecule has 1 aromatic carbocycles. The zero-order valence-electron chi connectivity index (χ0n) is 10.2. The summed E-state index contributed by atoms with van der Waals surface area (Å²) < 4.78 is 0. The lowest BCUT2D eigenvalue weighted by Crippen LogP contribution is -2.47. The van der Waals surface area contributed by atoms with Gasteiger partial charge >= 0.3 is 0 Å². The largest absolute Gasteiger partial charge is 0.389 e. The molecule has 94 valence electrons. The summed E-state index contributed by atoms with van der Waals surface area (Å²) >= 11 is 6.00. The second kappa shape index (κ2) is 5.38. The van der Waals surface area contributed by atoms with Gasteiger partial charge in [0, 0.05) is 17.6 Å². The molecule has 17 heavy (non-hydrogen) atoms. The fourth-order valence-corrected chi connectivity index (χ4v) is 2.49. The van der Waals surface area contributed by atoms with Gasteiger partial charge in [0.1, 0.15) is 0 Å². The maximum atomic E-state index is 10.1. The van der Waals surface area contributed by atoms with Crippen LogP contribution in [0.2, 0.25) is 5.02 Å². The standard InChI is InChI=1S/C14H20ClNO/c1-2-13(11-5-3-6-12(15)9-11)16-10-14(17)7-4-8-14/h3,5-6,9,13,16-17H,2,4,7-8,10H2,1H3. The van der Waals surface area contributed by atoms with Gasteiger partial charge in [-0.3, -0.25) is 0 Å². The highest BCUT2D eigenvalue weighted by Gasteiger charge is 2.34. The number of hydrogen-bond acceptors (Lipinski definition) is 2. The summed E-state index contributed by atoms with van der Waals surface area (Å²) in [5, 5.41) is 14.3. The van der Waals surface area contributed by atoms with Gasteiger partial charge in [0.15, 0.2) is 0 Å². The SMILES string of the molecule is CCC(NCC1(O)CCC1)c1cccc(Cl)c1. The molecule has 1 fully saturated rings. The predicted octanol–water partition coefficient (Wildman–Crippen LogP) is 3.30. The number of halogens is 1. The number of aliphatic hydroxyl groups is 1. The molecule has 0 bridgehead atoms. The molecule has 2 N–H and O–H groups in total. The van der Waals surface area contributed by atoms with E-state index in [0.29, 0.717) is 6.54 Å². The van der Waals surface area contributed by atoms with E-state index in [-0.39, 0.29) is 6.04 Å². The Morgan fingerprint density at radius 1 is 1.47 bits per heavy atom. The first kappa shape index (κ1) is 12.9. The molecular formula is C14H20ClNO. The van der Waals surface area contributed by atoms with E-state index in [4.69, 9.17) is 11.6 Å². The highest BCUT2D eigenvalue weighted by molar-refractivity contribution is 6.30. The summed E-state index contributed by atoms with van der Waals surface area (Å²) in [7, 11) is 0. The third-order valence-corrected chi connectivity index (χ3v) is 3.86. The van der Waals surface area contributed by atoms with Gasteiger partial charge in [0.05, 0.1) is 5.60 Å². The monoisotopic (exact) mass is 253 g/mol. The first-order chi connectivity index (χ1) is 8.13. The Labute approximate surface area is 108 Å². The molecule has 0 radical (unpaired) electrons. The van der Waals surface area contributed by atoms with E-state index in [1.165, 1.54) is 5.56 Å². The Balaban J connectivity index is 1.96. The Bertz CT molecular complexity index is 376. The van der Waals surface area contributed by atoms with Crippen molar-refractivity contribution in [3.8, 4) is 0 Å². The van der Waals surface area contributed by atoms with Crippen molar-refractivity contribution in [1.29, 1.82) is 0 Å². The minimum absolute atomic E-state index is 0.276. The van der Waals surface area contributed by atoms with Gasteiger partial charge in [-0.05, 0) is 43.4 Å². The number of hydrogen-bond donors (Lipinski definition) is 2. The van der Waals surface area contributed by atoms with Crippen LogP contribution in [0.4, 0.5) is 0 Å². The molecule has 0 aliphatic heterocycles. The molecule has 0 amide bonds. The number of nitrogens with one attached hydrogen (secondary N) is 1. The van der Waals surface area contributed by atoms with Crippen molar-refractivity contribution in [3.05, 3.63) is 34.9 Å². The number of benzene rings is 1. The lowest BCUT2D eigenvalue weighted by atomic mass is 9.80. The summed E-state index contributed by atoms with van der Waals surface area (Å²) in [5.74, 6) is 0. The molecule has 0 aromatic heterocycles. The predicted molar refractivity (Wildman–Crippen MR) is 71.3 cm³/mol. The van der Waals surface area contributed by atoms with Gasteiger partial charge in [0.25, 0.3) is 0 Å². The van der Waals surface area contributed by atoms with Crippen LogP contribution in [0, 0.1) is 0 Å². The molecule has 1 unspecified atom stereocenters. The van der Waals surface area contributed by atoms with E-state index in [1.807, 2.05) is 18.2 Å². The van der Waals surface area contributed by atoms with Gasteiger partial charge < -0.3 is 10.4 Å². The Morgan fingerprint density at radius 3 is 2.76 bits per heavy atom. The normalized spacial score (nSPS) is 19.7. The zero-order valence-corrected chi connectivity index (χ0v) is 11.0. The zero-order chi connectivity index (χ0) is 12.3. The van der Waals surface area contributed by atoms with Crippen molar-refractivity contribution in [1.82, 2.24) is 5.32 Å². The lowest BCUT2D eigenvalue weighted by molar-refractivity contribution is -0.0333. The second-order valence-electron chi connectivity index (χ2n) is 4.97. The van der Waals surface area contributed by atoms with Crippen molar-refractivity contribution in [2.45, 2.75) is 44.2 Å². The van der Waals surface area contributed by atoms with E-state index < -0.39 is 5.60 Å². The molecule has 0 saturated heterocycles. The highest BCUT2D eigenvalue weighted by Crippen LogP contribution is 2.31. The average Bonchev–Trinajstić information content (AvgIpc) is 2.28. The quantitative estimate of drug-likeness (QED) is 0.844. The first-order valence-corrected chi connectivity index (χ1v) is 6.72. The molecule has 2 nitrogen and oxygen atoms in total. The van der Waals surface area contributed by atoms with Crippen LogP contribution in [-0.4, -0.2) is 17.3 Å². The Morgan fingerprint density at radius 2 is 2.24 bits per heavy atom. The van der Waals surface area contributed by atoms with Crippen molar-refractivity contribution >= 4 is 11.6 Å². The molecule has 1 aromatic rings. The van der Waals surface area contributed by atoms with Crippen LogP contribution in [0.3, 0.4) is 0 Å². The third kappa shape index (κ3) is 3.21. The van der Waals surface area contributed by atoms with Crippen LogP contribution in [0.1, 0.15) is 44.2 Å². The van der Waals surface area contributed by atoms with Gasteiger partial charge in [-0.25, -0.2) is 0 Å². The summed E-state index contributed by atoms with van der Waals surface area (Å²) in [6.45, 7) is 2.82. The fourth-order valence-electron chi connectivity index (χ4n) is 2.30. The lowest BCUT2D eigenvalue weighted by Gasteiger charge is -2.38. The molecule has 1 aliphatic carbocycles. The molecule has 0 heterocycles. The first-order valence-electron chi connectivity index (χ1n) is 6.34. The molecule has 1 saturated carbocycles. The fraction of sp³-hybridized carbons (Fsp3) is 0.571. The van der Waals surface area contributed by atoms with E-state index in [9.17, 15) is 5.11 Å². The Hall–Kier alpha value is -0.570. The van der Waals surface area contributed by atoms with Crippen LogP contribution < -0.4 is 5.32 Å². The molecule has 3 heteroatoms. The summed E-state index contributed by atoms with van der Waals surface area (Å²) in [5.41, 5.74) is 0.731. The van der Waals surface area contributed by atoms with E-state index in [1.54, 1.807) is 0 Å². The van der Waals surface area contributed by atoms with E-state index in [2.05, 4.69) is 18.3 Å². The molecule has 1 atom stereocenters. The van der Waals surface area contributed by atoms with Crippen molar-refractivity contribution in [3.63, 3.8) is 0 Å². The third-order valence-electron chi connectivity index (χ3n) is 3.62. The average molecular weight is 254 g/mol.